The highest BCUT2D eigenvalue weighted by Crippen LogP contribution is 2.23. The predicted octanol–water partition coefficient (Wildman–Crippen LogP) is 3.43. The zero-order valence-electron chi connectivity index (χ0n) is 13.9. The van der Waals surface area contributed by atoms with Crippen molar-refractivity contribution in [1.29, 1.82) is 0 Å². The highest BCUT2D eigenvalue weighted by molar-refractivity contribution is 5.62. The maximum absolute atomic E-state index is 4.39. The lowest BCUT2D eigenvalue weighted by Crippen LogP contribution is -2.34. The number of aromatic nitrogens is 3. The summed E-state index contributed by atoms with van der Waals surface area (Å²) in [6.45, 7) is 3.03. The minimum absolute atomic E-state index is 0.536. The first-order valence-electron chi connectivity index (χ1n) is 8.55. The van der Waals surface area contributed by atoms with Gasteiger partial charge in [-0.05, 0) is 60.6 Å². The summed E-state index contributed by atoms with van der Waals surface area (Å²) in [6.07, 6.45) is 6.97. The Morgan fingerprint density at radius 1 is 1.08 bits per heavy atom. The van der Waals surface area contributed by atoms with Gasteiger partial charge >= 0.3 is 0 Å². The number of aromatic amines is 1. The number of fused-ring (bicyclic) bond motifs is 1. The van der Waals surface area contributed by atoms with E-state index >= 15 is 0 Å². The van der Waals surface area contributed by atoms with Crippen LogP contribution in [-0.4, -0.2) is 21.2 Å². The number of benzene rings is 1. The van der Waals surface area contributed by atoms with Gasteiger partial charge in [0.05, 0.1) is 5.69 Å². The molecule has 1 aromatic carbocycles. The Kier molecular flexibility index (Phi) is 4.13. The van der Waals surface area contributed by atoms with E-state index < -0.39 is 0 Å². The van der Waals surface area contributed by atoms with Crippen LogP contribution in [0.5, 0.6) is 0 Å². The van der Waals surface area contributed by atoms with E-state index in [2.05, 4.69) is 51.7 Å². The largest absolute Gasteiger partial charge is 0.310 e. The van der Waals surface area contributed by atoms with E-state index in [9.17, 15) is 0 Å². The molecule has 1 aliphatic rings. The molecular weight excluding hydrogens is 296 g/mol. The van der Waals surface area contributed by atoms with Crippen LogP contribution in [0.1, 0.15) is 28.9 Å². The van der Waals surface area contributed by atoms with Crippen LogP contribution in [0.4, 0.5) is 0 Å². The Labute approximate surface area is 142 Å². The molecule has 4 rings (SSSR count). The van der Waals surface area contributed by atoms with Crippen LogP contribution >= 0.6 is 0 Å². The first kappa shape index (κ1) is 15.1. The molecule has 0 spiro atoms. The second-order valence-electron chi connectivity index (χ2n) is 6.53. The number of pyridine rings is 1. The van der Waals surface area contributed by atoms with E-state index in [1.165, 1.54) is 33.6 Å². The molecule has 1 atom stereocenters. The molecule has 0 radical (unpaired) electrons. The third-order valence-corrected chi connectivity index (χ3v) is 4.90. The standard InChI is InChI=1S/C20H22N4/c1-14-19-12-18(6-7-20(19)24-23-14)22-13-15-2-4-16(5-3-15)17-8-10-21-11-9-17/h2-5,8-11,18,22H,6-7,12-13H2,1H3,(H,23,24). The van der Waals surface area contributed by atoms with E-state index in [1.54, 1.807) is 0 Å². The summed E-state index contributed by atoms with van der Waals surface area (Å²) in [7, 11) is 0. The summed E-state index contributed by atoms with van der Waals surface area (Å²) in [5.74, 6) is 0. The van der Waals surface area contributed by atoms with E-state index in [0.29, 0.717) is 6.04 Å². The Hall–Kier alpha value is -2.46. The molecule has 0 aliphatic heterocycles. The molecule has 0 bridgehead atoms. The van der Waals surface area contributed by atoms with Crippen molar-refractivity contribution in [2.24, 2.45) is 0 Å². The van der Waals surface area contributed by atoms with Crippen molar-refractivity contribution in [3.63, 3.8) is 0 Å². The average molecular weight is 318 g/mol. The van der Waals surface area contributed by atoms with Gasteiger partial charge in [-0.25, -0.2) is 0 Å². The molecule has 0 saturated heterocycles. The molecule has 1 aliphatic carbocycles. The fraction of sp³-hybridized carbons (Fsp3) is 0.300. The number of rotatable bonds is 4. The molecule has 0 amide bonds. The van der Waals surface area contributed by atoms with Crippen molar-refractivity contribution >= 4 is 0 Å². The van der Waals surface area contributed by atoms with E-state index in [0.717, 1.165) is 25.8 Å². The van der Waals surface area contributed by atoms with Crippen LogP contribution in [0.3, 0.4) is 0 Å². The van der Waals surface area contributed by atoms with Gasteiger partial charge in [-0.1, -0.05) is 24.3 Å². The summed E-state index contributed by atoms with van der Waals surface area (Å²) in [6, 6.07) is 13.4. The molecule has 4 heteroatoms. The number of aryl methyl sites for hydroxylation is 2. The van der Waals surface area contributed by atoms with Gasteiger partial charge in [0.15, 0.2) is 0 Å². The van der Waals surface area contributed by atoms with Gasteiger partial charge in [0.25, 0.3) is 0 Å². The SMILES string of the molecule is Cc1[nH]nc2c1CC(NCc1ccc(-c3ccncc3)cc1)CC2. The predicted molar refractivity (Wildman–Crippen MR) is 95.7 cm³/mol. The topological polar surface area (TPSA) is 53.6 Å². The highest BCUT2D eigenvalue weighted by Gasteiger charge is 2.21. The Morgan fingerprint density at radius 2 is 1.83 bits per heavy atom. The first-order valence-corrected chi connectivity index (χ1v) is 8.55. The van der Waals surface area contributed by atoms with Crippen molar-refractivity contribution in [2.75, 3.05) is 0 Å². The van der Waals surface area contributed by atoms with Crippen LogP contribution in [0.15, 0.2) is 48.8 Å². The zero-order valence-corrected chi connectivity index (χ0v) is 13.9. The van der Waals surface area contributed by atoms with Gasteiger partial charge in [-0.3, -0.25) is 10.1 Å². The summed E-state index contributed by atoms with van der Waals surface area (Å²) in [5, 5.41) is 11.2. The second kappa shape index (κ2) is 6.57. The molecule has 24 heavy (non-hydrogen) atoms. The molecule has 4 nitrogen and oxygen atoms in total. The summed E-state index contributed by atoms with van der Waals surface area (Å²) in [4.78, 5) is 4.07. The maximum atomic E-state index is 4.39. The van der Waals surface area contributed by atoms with Crippen LogP contribution in [0.25, 0.3) is 11.1 Å². The lowest BCUT2D eigenvalue weighted by molar-refractivity contribution is 0.455. The second-order valence-corrected chi connectivity index (χ2v) is 6.53. The smallest absolute Gasteiger partial charge is 0.0658 e. The summed E-state index contributed by atoms with van der Waals surface area (Å²) < 4.78 is 0. The number of H-pyrrole nitrogens is 1. The Balaban J connectivity index is 1.38. The van der Waals surface area contributed by atoms with Gasteiger partial charge in [0.2, 0.25) is 0 Å². The fourth-order valence-corrected chi connectivity index (χ4v) is 3.44. The van der Waals surface area contributed by atoms with Crippen LogP contribution < -0.4 is 5.32 Å². The number of hydrogen-bond donors (Lipinski definition) is 2. The van der Waals surface area contributed by atoms with Crippen molar-refractivity contribution in [3.8, 4) is 11.1 Å². The fourth-order valence-electron chi connectivity index (χ4n) is 3.44. The van der Waals surface area contributed by atoms with E-state index in [4.69, 9.17) is 0 Å². The first-order chi connectivity index (χ1) is 11.8. The third kappa shape index (κ3) is 3.10. The van der Waals surface area contributed by atoms with Crippen LogP contribution in [0.2, 0.25) is 0 Å². The molecular formula is C20H22N4. The van der Waals surface area contributed by atoms with Gasteiger partial charge in [0, 0.05) is 30.7 Å². The molecule has 1 unspecified atom stereocenters. The van der Waals surface area contributed by atoms with E-state index in [1.807, 2.05) is 24.5 Å². The number of nitrogens with zero attached hydrogens (tertiary/aromatic N) is 2. The van der Waals surface area contributed by atoms with Crippen LogP contribution in [-0.2, 0) is 19.4 Å². The zero-order chi connectivity index (χ0) is 16.4. The number of hydrogen-bond acceptors (Lipinski definition) is 3. The molecule has 2 N–H and O–H groups in total. The third-order valence-electron chi connectivity index (χ3n) is 4.90. The van der Waals surface area contributed by atoms with Crippen LogP contribution in [0, 0.1) is 6.92 Å². The Bertz CT molecular complexity index is 805. The van der Waals surface area contributed by atoms with Crippen molar-refractivity contribution in [1.82, 2.24) is 20.5 Å². The van der Waals surface area contributed by atoms with Gasteiger partial charge < -0.3 is 5.32 Å². The van der Waals surface area contributed by atoms with Crippen molar-refractivity contribution in [3.05, 3.63) is 71.3 Å². The normalized spacial score (nSPS) is 16.8. The summed E-state index contributed by atoms with van der Waals surface area (Å²) >= 11 is 0. The van der Waals surface area contributed by atoms with Gasteiger partial charge in [-0.15, -0.1) is 0 Å². The van der Waals surface area contributed by atoms with Gasteiger partial charge in [-0.2, -0.15) is 5.10 Å². The molecule has 2 aromatic heterocycles. The molecule has 122 valence electrons. The van der Waals surface area contributed by atoms with Crippen molar-refractivity contribution < 1.29 is 0 Å². The average Bonchev–Trinajstić information content (AvgIpc) is 3.02. The molecule has 0 fully saturated rings. The summed E-state index contributed by atoms with van der Waals surface area (Å²) in [5.41, 5.74) is 7.65. The number of nitrogens with one attached hydrogen (secondary N) is 2. The molecule has 2 heterocycles. The molecule has 3 aromatic rings. The maximum Gasteiger partial charge on any atom is 0.0658 e. The van der Waals surface area contributed by atoms with Crippen molar-refractivity contribution in [2.45, 2.75) is 38.8 Å². The highest BCUT2D eigenvalue weighted by atomic mass is 15.1. The monoisotopic (exact) mass is 318 g/mol. The molecule has 0 saturated carbocycles. The quantitative estimate of drug-likeness (QED) is 0.775. The van der Waals surface area contributed by atoms with E-state index in [-0.39, 0.29) is 0 Å². The van der Waals surface area contributed by atoms with Gasteiger partial charge in [0.1, 0.15) is 0 Å². The lowest BCUT2D eigenvalue weighted by atomic mass is 9.91. The minimum Gasteiger partial charge on any atom is -0.310 e. The minimum atomic E-state index is 0.536. The Morgan fingerprint density at radius 3 is 2.62 bits per heavy atom. The lowest BCUT2D eigenvalue weighted by Gasteiger charge is -2.23.